The van der Waals surface area contributed by atoms with Crippen molar-refractivity contribution in [3.8, 4) is 0 Å². The third-order valence-corrected chi connectivity index (χ3v) is 2.95. The predicted molar refractivity (Wildman–Crippen MR) is 58.6 cm³/mol. The lowest BCUT2D eigenvalue weighted by molar-refractivity contribution is -0.132. The Morgan fingerprint density at radius 2 is 2.29 bits per heavy atom. The van der Waals surface area contributed by atoms with Crippen molar-refractivity contribution in [2.45, 2.75) is 32.4 Å². The molecule has 0 aromatic rings. The molecule has 1 amide bonds. The highest BCUT2D eigenvalue weighted by atomic mass is 35.5. The van der Waals surface area contributed by atoms with E-state index in [2.05, 4.69) is 11.9 Å². The highest BCUT2D eigenvalue weighted by molar-refractivity contribution is 6.27. The quantitative estimate of drug-likeness (QED) is 0.664. The molecule has 0 spiro atoms. The Morgan fingerprint density at radius 3 is 2.64 bits per heavy atom. The number of amides is 1. The zero-order valence-electron chi connectivity index (χ0n) is 9.16. The molecule has 1 rings (SSSR count). The van der Waals surface area contributed by atoms with Crippen LogP contribution in [-0.2, 0) is 4.79 Å². The summed E-state index contributed by atoms with van der Waals surface area (Å²) in [6, 6.07) is 0.601. The van der Waals surface area contributed by atoms with Crippen LogP contribution < -0.4 is 0 Å². The van der Waals surface area contributed by atoms with E-state index in [1.54, 1.807) is 0 Å². The molecule has 0 saturated carbocycles. The van der Waals surface area contributed by atoms with Gasteiger partial charge in [-0.3, -0.25) is 4.79 Å². The summed E-state index contributed by atoms with van der Waals surface area (Å²) in [7, 11) is 2.09. The van der Waals surface area contributed by atoms with Crippen LogP contribution in [0.2, 0.25) is 0 Å². The predicted octanol–water partition coefficient (Wildman–Crippen LogP) is 1.17. The first-order valence-corrected chi connectivity index (χ1v) is 5.65. The van der Waals surface area contributed by atoms with Gasteiger partial charge in [0.15, 0.2) is 0 Å². The molecule has 1 aliphatic rings. The first-order valence-electron chi connectivity index (χ1n) is 5.12. The van der Waals surface area contributed by atoms with Gasteiger partial charge in [0, 0.05) is 18.6 Å². The van der Waals surface area contributed by atoms with Crippen molar-refractivity contribution >= 4 is 17.5 Å². The molecule has 1 aliphatic heterocycles. The first-order chi connectivity index (χ1) is 6.56. The third kappa shape index (κ3) is 2.61. The fourth-order valence-corrected chi connectivity index (χ4v) is 2.26. The summed E-state index contributed by atoms with van der Waals surface area (Å²) in [5.41, 5.74) is 0. The lowest BCUT2D eigenvalue weighted by Gasteiger charge is -2.32. The molecule has 3 nitrogen and oxygen atoms in total. The van der Waals surface area contributed by atoms with Crippen molar-refractivity contribution in [3.05, 3.63) is 0 Å². The molecular formula is C10H19ClN2O. The molecule has 0 bridgehead atoms. The topological polar surface area (TPSA) is 23.6 Å². The normalized spacial score (nSPS) is 23.1. The Kier molecular flexibility index (Phi) is 4.20. The molecule has 82 valence electrons. The Bertz CT molecular complexity index is 208. The lowest BCUT2D eigenvalue weighted by Crippen LogP contribution is -2.46. The summed E-state index contributed by atoms with van der Waals surface area (Å²) in [6.45, 7) is 6.13. The summed E-state index contributed by atoms with van der Waals surface area (Å²) < 4.78 is 0. The van der Waals surface area contributed by atoms with Crippen LogP contribution in [0.1, 0.15) is 20.3 Å². The molecule has 0 aliphatic carbocycles. The molecule has 0 aromatic heterocycles. The van der Waals surface area contributed by atoms with Crippen LogP contribution in [0.4, 0.5) is 0 Å². The van der Waals surface area contributed by atoms with Gasteiger partial charge < -0.3 is 9.80 Å². The minimum atomic E-state index is 0.0574. The maximum absolute atomic E-state index is 11.6. The van der Waals surface area contributed by atoms with Gasteiger partial charge in [-0.25, -0.2) is 0 Å². The number of likely N-dealkylation sites (N-methyl/N-ethyl adjacent to an activating group) is 1. The summed E-state index contributed by atoms with van der Waals surface area (Å²) in [5.74, 6) is 0.153. The number of carbonyl (C=O) groups is 1. The van der Waals surface area contributed by atoms with Crippen LogP contribution in [0.3, 0.4) is 0 Å². The van der Waals surface area contributed by atoms with Gasteiger partial charge in [0.1, 0.15) is 5.88 Å². The Hall–Kier alpha value is -0.280. The average molecular weight is 219 g/mol. The fourth-order valence-electron chi connectivity index (χ4n) is 2.12. The molecule has 1 fully saturated rings. The van der Waals surface area contributed by atoms with E-state index >= 15 is 0 Å². The highest BCUT2D eigenvalue weighted by Crippen LogP contribution is 2.17. The molecule has 0 radical (unpaired) electrons. The van der Waals surface area contributed by atoms with Gasteiger partial charge in [-0.15, -0.1) is 11.6 Å². The van der Waals surface area contributed by atoms with E-state index in [1.165, 1.54) is 0 Å². The molecule has 1 heterocycles. The maximum Gasteiger partial charge on any atom is 0.238 e. The number of hydrogen-bond donors (Lipinski definition) is 0. The molecular weight excluding hydrogens is 200 g/mol. The van der Waals surface area contributed by atoms with Crippen LogP contribution in [0.5, 0.6) is 0 Å². The van der Waals surface area contributed by atoms with E-state index < -0.39 is 0 Å². The van der Waals surface area contributed by atoms with Gasteiger partial charge in [0.25, 0.3) is 0 Å². The number of nitrogens with zero attached hydrogens (tertiary/aromatic N) is 2. The molecule has 1 unspecified atom stereocenters. The Morgan fingerprint density at radius 1 is 1.64 bits per heavy atom. The van der Waals surface area contributed by atoms with E-state index in [-0.39, 0.29) is 17.8 Å². The van der Waals surface area contributed by atoms with Gasteiger partial charge in [0.2, 0.25) is 5.91 Å². The maximum atomic E-state index is 11.6. The van der Waals surface area contributed by atoms with E-state index in [0.717, 1.165) is 19.5 Å². The molecule has 1 saturated heterocycles. The third-order valence-electron chi connectivity index (χ3n) is 2.72. The van der Waals surface area contributed by atoms with E-state index in [0.29, 0.717) is 6.04 Å². The molecule has 0 N–H and O–H groups in total. The van der Waals surface area contributed by atoms with Crippen LogP contribution in [-0.4, -0.2) is 53.8 Å². The van der Waals surface area contributed by atoms with Crippen molar-refractivity contribution in [2.75, 3.05) is 26.0 Å². The van der Waals surface area contributed by atoms with Crippen molar-refractivity contribution in [1.29, 1.82) is 0 Å². The minimum Gasteiger partial charge on any atom is -0.335 e. The van der Waals surface area contributed by atoms with E-state index in [4.69, 9.17) is 11.6 Å². The van der Waals surface area contributed by atoms with Crippen LogP contribution >= 0.6 is 11.6 Å². The van der Waals surface area contributed by atoms with Gasteiger partial charge in [0.05, 0.1) is 0 Å². The highest BCUT2D eigenvalue weighted by Gasteiger charge is 2.30. The number of carbonyl (C=O) groups excluding carboxylic acids is 1. The lowest BCUT2D eigenvalue weighted by atomic mass is 10.1. The van der Waals surface area contributed by atoms with Crippen molar-refractivity contribution in [1.82, 2.24) is 9.80 Å². The van der Waals surface area contributed by atoms with Crippen LogP contribution in [0.15, 0.2) is 0 Å². The van der Waals surface area contributed by atoms with Gasteiger partial charge in [-0.2, -0.15) is 0 Å². The molecule has 14 heavy (non-hydrogen) atoms. The Labute approximate surface area is 91.0 Å². The SMILES string of the molecule is CC(C)N(C(=O)CCl)C1CCN(C)C1. The van der Waals surface area contributed by atoms with E-state index in [9.17, 15) is 4.79 Å². The summed E-state index contributed by atoms with van der Waals surface area (Å²) in [6.07, 6.45) is 1.07. The fraction of sp³-hybridized carbons (Fsp3) is 0.900. The largest absolute Gasteiger partial charge is 0.335 e. The van der Waals surface area contributed by atoms with Crippen molar-refractivity contribution in [2.24, 2.45) is 0 Å². The van der Waals surface area contributed by atoms with Gasteiger partial charge in [-0.05, 0) is 33.9 Å². The molecule has 1 atom stereocenters. The zero-order valence-corrected chi connectivity index (χ0v) is 9.92. The molecule has 0 aromatic carbocycles. The summed E-state index contributed by atoms with van der Waals surface area (Å²) in [4.78, 5) is 15.8. The average Bonchev–Trinajstić information content (AvgIpc) is 2.51. The summed E-state index contributed by atoms with van der Waals surface area (Å²) in [5, 5.41) is 0. The number of halogens is 1. The second kappa shape index (κ2) is 4.99. The zero-order chi connectivity index (χ0) is 10.7. The number of alkyl halides is 1. The second-order valence-electron chi connectivity index (χ2n) is 4.23. The van der Waals surface area contributed by atoms with Gasteiger partial charge in [-0.1, -0.05) is 0 Å². The monoisotopic (exact) mass is 218 g/mol. The van der Waals surface area contributed by atoms with Crippen LogP contribution in [0.25, 0.3) is 0 Å². The molecule has 4 heteroatoms. The summed E-state index contributed by atoms with van der Waals surface area (Å²) >= 11 is 5.60. The van der Waals surface area contributed by atoms with Gasteiger partial charge >= 0.3 is 0 Å². The first kappa shape index (κ1) is 11.8. The number of rotatable bonds is 3. The van der Waals surface area contributed by atoms with Crippen molar-refractivity contribution in [3.63, 3.8) is 0 Å². The second-order valence-corrected chi connectivity index (χ2v) is 4.50. The minimum absolute atomic E-state index is 0.0574. The Balaban J connectivity index is 2.63. The van der Waals surface area contributed by atoms with Crippen LogP contribution in [0, 0.1) is 0 Å². The van der Waals surface area contributed by atoms with E-state index in [1.807, 2.05) is 18.7 Å². The number of hydrogen-bond acceptors (Lipinski definition) is 2. The smallest absolute Gasteiger partial charge is 0.238 e. The standard InChI is InChI=1S/C10H19ClN2O/c1-8(2)13(10(14)6-11)9-4-5-12(3)7-9/h8-9H,4-7H2,1-3H3. The van der Waals surface area contributed by atoms with Crippen molar-refractivity contribution < 1.29 is 4.79 Å². The number of likely N-dealkylation sites (tertiary alicyclic amines) is 1.